The van der Waals surface area contributed by atoms with Crippen molar-refractivity contribution in [3.8, 4) is 0 Å². The molecule has 0 fully saturated rings. The molecule has 0 saturated carbocycles. The zero-order chi connectivity index (χ0) is 18.2. The molecule has 0 aromatic heterocycles. The van der Waals surface area contributed by atoms with E-state index < -0.39 is 0 Å². The van der Waals surface area contributed by atoms with Gasteiger partial charge in [0.25, 0.3) is 0 Å². The molecule has 0 saturated heterocycles. The first kappa shape index (κ1) is 19.1. The lowest BCUT2D eigenvalue weighted by Crippen LogP contribution is -2.39. The fourth-order valence-corrected chi connectivity index (χ4v) is 2.79. The summed E-state index contributed by atoms with van der Waals surface area (Å²) in [6, 6.07) is 17.1. The number of halogens is 1. The van der Waals surface area contributed by atoms with E-state index in [0.29, 0.717) is 5.69 Å². The highest BCUT2D eigenvalue weighted by molar-refractivity contribution is 9.10. The first-order valence-corrected chi connectivity index (χ1v) is 8.82. The average molecular weight is 404 g/mol. The van der Waals surface area contributed by atoms with Gasteiger partial charge in [-0.15, -0.1) is 0 Å². The van der Waals surface area contributed by atoms with Crippen LogP contribution < -0.4 is 10.6 Å². The lowest BCUT2D eigenvalue weighted by Gasteiger charge is -2.19. The second-order valence-electron chi connectivity index (χ2n) is 5.90. The topological polar surface area (TPSA) is 61.4 Å². The van der Waals surface area contributed by atoms with Crippen LogP contribution in [-0.2, 0) is 9.59 Å². The Balaban J connectivity index is 1.79. The van der Waals surface area contributed by atoms with Crippen molar-refractivity contribution in [2.24, 2.45) is 0 Å². The van der Waals surface area contributed by atoms with E-state index in [1.807, 2.05) is 61.5 Å². The highest BCUT2D eigenvalue weighted by Crippen LogP contribution is 2.20. The predicted octanol–water partition coefficient (Wildman–Crippen LogP) is 3.20. The molecule has 5 nitrogen and oxygen atoms in total. The molecule has 1 atom stereocenters. The Morgan fingerprint density at radius 1 is 1.00 bits per heavy atom. The Kier molecular flexibility index (Phi) is 7.16. The lowest BCUT2D eigenvalue weighted by molar-refractivity contribution is -0.123. The molecule has 6 heteroatoms. The Morgan fingerprint density at radius 2 is 1.60 bits per heavy atom. The number of hydrogen-bond donors (Lipinski definition) is 2. The fourth-order valence-electron chi connectivity index (χ4n) is 2.41. The maximum absolute atomic E-state index is 12.1. The molecule has 132 valence electrons. The smallest absolute Gasteiger partial charge is 0.238 e. The third kappa shape index (κ3) is 6.32. The number of hydrogen-bond acceptors (Lipinski definition) is 3. The maximum Gasteiger partial charge on any atom is 0.238 e. The van der Waals surface area contributed by atoms with Crippen LogP contribution in [0.2, 0.25) is 0 Å². The number of anilines is 1. The molecular formula is C19H22BrN3O2. The number of amides is 2. The predicted molar refractivity (Wildman–Crippen MR) is 103 cm³/mol. The van der Waals surface area contributed by atoms with Gasteiger partial charge in [-0.3, -0.25) is 14.5 Å². The minimum Gasteiger partial charge on any atom is -0.348 e. The van der Waals surface area contributed by atoms with Crippen molar-refractivity contribution in [3.05, 3.63) is 64.6 Å². The Labute approximate surface area is 156 Å². The van der Waals surface area contributed by atoms with Gasteiger partial charge in [0.05, 0.1) is 24.8 Å². The summed E-state index contributed by atoms with van der Waals surface area (Å²) < 4.78 is 0.820. The number of nitrogens with one attached hydrogen (secondary N) is 2. The Bertz CT molecular complexity index is 722. The SMILES string of the molecule is C[C@@H](NC(=O)CN(C)CC(=O)Nc1ccccc1Br)c1ccccc1. The monoisotopic (exact) mass is 403 g/mol. The van der Waals surface area contributed by atoms with Gasteiger partial charge in [0, 0.05) is 4.47 Å². The van der Waals surface area contributed by atoms with Gasteiger partial charge in [0.2, 0.25) is 11.8 Å². The quantitative estimate of drug-likeness (QED) is 0.745. The van der Waals surface area contributed by atoms with Gasteiger partial charge in [-0.05, 0) is 47.6 Å². The largest absolute Gasteiger partial charge is 0.348 e. The van der Waals surface area contributed by atoms with Gasteiger partial charge in [-0.25, -0.2) is 0 Å². The van der Waals surface area contributed by atoms with Gasteiger partial charge in [-0.1, -0.05) is 42.5 Å². The van der Waals surface area contributed by atoms with E-state index in [1.165, 1.54) is 0 Å². The molecule has 0 aliphatic rings. The fraction of sp³-hybridized carbons (Fsp3) is 0.263. The van der Waals surface area contributed by atoms with Crippen molar-refractivity contribution in [2.45, 2.75) is 13.0 Å². The number of benzene rings is 2. The van der Waals surface area contributed by atoms with Gasteiger partial charge < -0.3 is 10.6 Å². The number of carbonyl (C=O) groups excluding carboxylic acids is 2. The van der Waals surface area contributed by atoms with Crippen LogP contribution in [-0.4, -0.2) is 36.9 Å². The molecule has 25 heavy (non-hydrogen) atoms. The van der Waals surface area contributed by atoms with Crippen molar-refractivity contribution in [1.82, 2.24) is 10.2 Å². The summed E-state index contributed by atoms with van der Waals surface area (Å²) in [6.07, 6.45) is 0. The van der Waals surface area contributed by atoms with Crippen molar-refractivity contribution in [2.75, 3.05) is 25.5 Å². The van der Waals surface area contributed by atoms with Crippen molar-refractivity contribution < 1.29 is 9.59 Å². The molecule has 0 spiro atoms. The van der Waals surface area contributed by atoms with E-state index >= 15 is 0 Å². The molecule has 2 rings (SSSR count). The van der Waals surface area contributed by atoms with E-state index in [2.05, 4.69) is 26.6 Å². The van der Waals surface area contributed by atoms with Gasteiger partial charge >= 0.3 is 0 Å². The van der Waals surface area contributed by atoms with Crippen LogP contribution in [0.15, 0.2) is 59.1 Å². The van der Waals surface area contributed by atoms with Gasteiger partial charge in [0.15, 0.2) is 0 Å². The molecule has 2 N–H and O–H groups in total. The highest BCUT2D eigenvalue weighted by Gasteiger charge is 2.14. The molecule has 0 radical (unpaired) electrons. The molecule has 0 heterocycles. The number of rotatable bonds is 7. The molecule has 0 unspecified atom stereocenters. The molecular weight excluding hydrogens is 382 g/mol. The summed E-state index contributed by atoms with van der Waals surface area (Å²) in [6.45, 7) is 2.22. The number of likely N-dealkylation sites (N-methyl/N-ethyl adjacent to an activating group) is 1. The molecule has 0 aliphatic heterocycles. The maximum atomic E-state index is 12.1. The van der Waals surface area contributed by atoms with E-state index in [-0.39, 0.29) is 30.9 Å². The molecule has 2 aromatic carbocycles. The Morgan fingerprint density at radius 3 is 2.28 bits per heavy atom. The summed E-state index contributed by atoms with van der Waals surface area (Å²) in [7, 11) is 1.74. The molecule has 0 bridgehead atoms. The summed E-state index contributed by atoms with van der Waals surface area (Å²) >= 11 is 3.39. The molecule has 2 amide bonds. The summed E-state index contributed by atoms with van der Waals surface area (Å²) in [5.74, 6) is -0.286. The summed E-state index contributed by atoms with van der Waals surface area (Å²) in [4.78, 5) is 25.9. The van der Waals surface area contributed by atoms with Crippen LogP contribution in [0.4, 0.5) is 5.69 Å². The lowest BCUT2D eigenvalue weighted by atomic mass is 10.1. The molecule has 2 aromatic rings. The molecule has 0 aliphatic carbocycles. The first-order chi connectivity index (χ1) is 12.0. The number of para-hydroxylation sites is 1. The standard InChI is InChI=1S/C19H22BrN3O2/c1-14(15-8-4-3-5-9-15)21-18(24)12-23(2)13-19(25)22-17-11-7-6-10-16(17)20/h3-11,14H,12-13H2,1-2H3,(H,21,24)(H,22,25)/t14-/m1/s1. The van der Waals surface area contributed by atoms with E-state index in [9.17, 15) is 9.59 Å². The zero-order valence-corrected chi connectivity index (χ0v) is 15.9. The average Bonchev–Trinajstić information content (AvgIpc) is 2.57. The van der Waals surface area contributed by atoms with E-state index in [4.69, 9.17) is 0 Å². The van der Waals surface area contributed by atoms with Gasteiger partial charge in [0.1, 0.15) is 0 Å². The Hall–Kier alpha value is -2.18. The first-order valence-electron chi connectivity index (χ1n) is 8.03. The van der Waals surface area contributed by atoms with Crippen molar-refractivity contribution >= 4 is 33.4 Å². The van der Waals surface area contributed by atoms with Crippen LogP contribution in [0.25, 0.3) is 0 Å². The second kappa shape index (κ2) is 9.34. The summed E-state index contributed by atoms with van der Waals surface area (Å²) in [5.41, 5.74) is 1.76. The zero-order valence-electron chi connectivity index (χ0n) is 14.3. The number of nitrogens with zero attached hydrogens (tertiary/aromatic N) is 1. The minimum atomic E-state index is -0.168. The van der Waals surface area contributed by atoms with Gasteiger partial charge in [-0.2, -0.15) is 0 Å². The third-order valence-corrected chi connectivity index (χ3v) is 4.34. The van der Waals surface area contributed by atoms with E-state index in [0.717, 1.165) is 10.0 Å². The van der Waals surface area contributed by atoms with Crippen LogP contribution in [0.1, 0.15) is 18.5 Å². The van der Waals surface area contributed by atoms with Crippen LogP contribution >= 0.6 is 15.9 Å². The van der Waals surface area contributed by atoms with Crippen LogP contribution in [0.3, 0.4) is 0 Å². The summed E-state index contributed by atoms with van der Waals surface area (Å²) in [5, 5.41) is 5.76. The second-order valence-corrected chi connectivity index (χ2v) is 6.75. The van der Waals surface area contributed by atoms with Crippen LogP contribution in [0, 0.1) is 0 Å². The van der Waals surface area contributed by atoms with E-state index in [1.54, 1.807) is 11.9 Å². The normalized spacial score (nSPS) is 11.8. The van der Waals surface area contributed by atoms with Crippen molar-refractivity contribution in [1.29, 1.82) is 0 Å². The third-order valence-electron chi connectivity index (χ3n) is 3.65. The van der Waals surface area contributed by atoms with Crippen LogP contribution in [0.5, 0.6) is 0 Å². The minimum absolute atomic E-state index is 0.0730. The van der Waals surface area contributed by atoms with Crippen molar-refractivity contribution in [3.63, 3.8) is 0 Å². The highest BCUT2D eigenvalue weighted by atomic mass is 79.9. The number of carbonyl (C=O) groups is 2.